The van der Waals surface area contributed by atoms with Gasteiger partial charge in [0.2, 0.25) is 16.9 Å². The molecule has 0 radical (unpaired) electrons. The first-order chi connectivity index (χ1) is 11.0. The molecule has 0 fully saturated rings. The first-order valence-electron chi connectivity index (χ1n) is 6.61. The molecule has 2 heterocycles. The van der Waals surface area contributed by atoms with Gasteiger partial charge >= 0.3 is 0 Å². The van der Waals surface area contributed by atoms with E-state index in [4.69, 9.17) is 25.2 Å². The molecule has 0 saturated carbocycles. The second kappa shape index (κ2) is 5.81. The summed E-state index contributed by atoms with van der Waals surface area (Å²) in [7, 11) is 0. The zero-order valence-corrected chi connectivity index (χ0v) is 12.7. The minimum atomic E-state index is -1.46. The molecule has 0 atom stereocenters. The highest BCUT2D eigenvalue weighted by atomic mass is 35.5. The molecule has 1 aromatic carbocycles. The lowest BCUT2D eigenvalue weighted by atomic mass is 10.1. The molecule has 0 unspecified atom stereocenters. The van der Waals surface area contributed by atoms with Gasteiger partial charge in [0.15, 0.2) is 5.76 Å². The van der Waals surface area contributed by atoms with E-state index in [1.54, 1.807) is 25.1 Å². The third-order valence-electron chi connectivity index (χ3n) is 3.21. The molecule has 3 rings (SSSR count). The Balaban J connectivity index is 2.30. The van der Waals surface area contributed by atoms with Crippen molar-refractivity contribution in [3.63, 3.8) is 0 Å². The van der Waals surface area contributed by atoms with Crippen molar-refractivity contribution in [2.24, 2.45) is 0 Å². The number of aliphatic carboxylic acids is 1. The van der Waals surface area contributed by atoms with Gasteiger partial charge in [-0.25, -0.2) is 0 Å². The van der Waals surface area contributed by atoms with Gasteiger partial charge in [-0.2, -0.15) is 0 Å². The number of fused-ring (bicyclic) bond motifs is 1. The van der Waals surface area contributed by atoms with E-state index < -0.39 is 18.0 Å². The van der Waals surface area contributed by atoms with E-state index in [0.717, 1.165) is 5.56 Å². The maximum absolute atomic E-state index is 12.6. The van der Waals surface area contributed by atoms with Crippen LogP contribution in [0, 0.1) is 6.92 Å². The van der Waals surface area contributed by atoms with Gasteiger partial charge in [0.25, 0.3) is 0 Å². The highest BCUT2D eigenvalue weighted by Crippen LogP contribution is 2.32. The molecule has 0 aliphatic carbocycles. The zero-order chi connectivity index (χ0) is 16.6. The fraction of sp³-hybridized carbons (Fsp3) is 0.125. The minimum Gasteiger partial charge on any atom is -0.546 e. The Morgan fingerprint density at radius 3 is 2.83 bits per heavy atom. The molecular weight excluding hydrogens is 324 g/mol. The Kier molecular flexibility index (Phi) is 3.83. The van der Waals surface area contributed by atoms with Crippen LogP contribution in [-0.4, -0.2) is 12.6 Å². The molecule has 0 saturated heterocycles. The number of hydrogen-bond acceptors (Lipinski definition) is 6. The minimum absolute atomic E-state index is 0.00970. The lowest BCUT2D eigenvalue weighted by Gasteiger charge is -2.11. The second-order valence-electron chi connectivity index (χ2n) is 4.82. The van der Waals surface area contributed by atoms with Crippen LogP contribution >= 0.6 is 11.6 Å². The van der Waals surface area contributed by atoms with Crippen LogP contribution in [-0.2, 0) is 4.79 Å². The topological polar surface area (TPSA) is 92.7 Å². The van der Waals surface area contributed by atoms with Crippen LogP contribution in [0.2, 0.25) is 5.02 Å². The van der Waals surface area contributed by atoms with E-state index in [1.807, 2.05) is 0 Å². The van der Waals surface area contributed by atoms with E-state index in [1.165, 1.54) is 12.3 Å². The second-order valence-corrected chi connectivity index (χ2v) is 5.23. The van der Waals surface area contributed by atoms with E-state index in [0.29, 0.717) is 10.6 Å². The lowest BCUT2D eigenvalue weighted by Crippen LogP contribution is -2.30. The van der Waals surface area contributed by atoms with Gasteiger partial charge in [-0.15, -0.1) is 0 Å². The van der Waals surface area contributed by atoms with Crippen molar-refractivity contribution in [1.82, 2.24) is 0 Å². The van der Waals surface area contributed by atoms with Crippen LogP contribution in [0.4, 0.5) is 0 Å². The van der Waals surface area contributed by atoms with Gasteiger partial charge < -0.3 is 23.5 Å². The van der Waals surface area contributed by atoms with Crippen LogP contribution in [0.3, 0.4) is 0 Å². The largest absolute Gasteiger partial charge is 0.546 e. The van der Waals surface area contributed by atoms with Gasteiger partial charge in [0.1, 0.15) is 12.2 Å². The highest BCUT2D eigenvalue weighted by Gasteiger charge is 2.20. The van der Waals surface area contributed by atoms with E-state index in [9.17, 15) is 14.7 Å². The number of halogens is 1. The predicted octanol–water partition coefficient (Wildman–Crippen LogP) is 2.14. The van der Waals surface area contributed by atoms with Crippen molar-refractivity contribution in [2.75, 3.05) is 6.61 Å². The molecular formula is C16H10ClO6-. The van der Waals surface area contributed by atoms with Crippen molar-refractivity contribution in [2.45, 2.75) is 6.92 Å². The molecule has 0 amide bonds. The SMILES string of the molecule is Cc1cc2oc(-c3ccco3)c(OCC(=O)[O-])c(=O)c2cc1Cl. The van der Waals surface area contributed by atoms with Crippen LogP contribution in [0.5, 0.6) is 5.75 Å². The van der Waals surface area contributed by atoms with Crippen molar-refractivity contribution in [1.29, 1.82) is 0 Å². The molecule has 7 heteroatoms. The number of benzene rings is 1. The summed E-state index contributed by atoms with van der Waals surface area (Å²) in [6.45, 7) is 0.985. The summed E-state index contributed by atoms with van der Waals surface area (Å²) >= 11 is 6.03. The lowest BCUT2D eigenvalue weighted by molar-refractivity contribution is -0.307. The summed E-state index contributed by atoms with van der Waals surface area (Å²) in [5.41, 5.74) is 0.487. The molecule has 118 valence electrons. The fourth-order valence-electron chi connectivity index (χ4n) is 2.13. The number of carboxylic acid groups (broad SMARTS) is 1. The maximum Gasteiger partial charge on any atom is 0.235 e. The third-order valence-corrected chi connectivity index (χ3v) is 3.62. The summed E-state index contributed by atoms with van der Waals surface area (Å²) in [5.74, 6) is -1.48. The summed E-state index contributed by atoms with van der Waals surface area (Å²) in [4.78, 5) is 23.3. The van der Waals surface area contributed by atoms with E-state index in [2.05, 4.69) is 0 Å². The number of carboxylic acids is 1. The summed E-state index contributed by atoms with van der Waals surface area (Å²) in [6.07, 6.45) is 1.40. The smallest absolute Gasteiger partial charge is 0.235 e. The molecule has 23 heavy (non-hydrogen) atoms. The van der Waals surface area contributed by atoms with E-state index in [-0.39, 0.29) is 22.7 Å². The van der Waals surface area contributed by atoms with Crippen molar-refractivity contribution < 1.29 is 23.5 Å². The molecule has 3 aromatic rings. The maximum atomic E-state index is 12.6. The van der Waals surface area contributed by atoms with Gasteiger partial charge in [-0.05, 0) is 36.8 Å². The van der Waals surface area contributed by atoms with Crippen LogP contribution in [0.15, 0.2) is 44.2 Å². The molecule has 0 N–H and O–H groups in total. The summed E-state index contributed by atoms with van der Waals surface area (Å²) in [6, 6.07) is 6.25. The quantitative estimate of drug-likeness (QED) is 0.726. The first kappa shape index (κ1) is 15.2. The Labute approximate surface area is 134 Å². The van der Waals surface area contributed by atoms with Gasteiger partial charge in [-0.3, -0.25) is 4.79 Å². The normalized spacial score (nSPS) is 10.9. The number of ether oxygens (including phenoxy) is 1. The molecule has 0 spiro atoms. The monoisotopic (exact) mass is 333 g/mol. The zero-order valence-electron chi connectivity index (χ0n) is 11.9. The predicted molar refractivity (Wildman–Crippen MR) is 80.4 cm³/mol. The third kappa shape index (κ3) is 2.80. The van der Waals surface area contributed by atoms with Crippen molar-refractivity contribution in [3.8, 4) is 17.3 Å². The molecule has 2 aromatic heterocycles. The van der Waals surface area contributed by atoms with Gasteiger partial charge in [-0.1, -0.05) is 11.6 Å². The Morgan fingerprint density at radius 2 is 2.17 bits per heavy atom. The van der Waals surface area contributed by atoms with Crippen molar-refractivity contribution >= 4 is 28.5 Å². The molecule has 0 bridgehead atoms. The Bertz CT molecular complexity index is 939. The number of furan rings is 1. The van der Waals surface area contributed by atoms with Gasteiger partial charge in [0, 0.05) is 5.02 Å². The first-order valence-corrected chi connectivity index (χ1v) is 6.98. The Hall–Kier alpha value is -2.73. The average Bonchev–Trinajstić information content (AvgIpc) is 3.02. The van der Waals surface area contributed by atoms with Crippen LogP contribution in [0.25, 0.3) is 22.5 Å². The molecule has 0 aliphatic rings. The number of aryl methyl sites for hydroxylation is 1. The number of rotatable bonds is 4. The number of hydrogen-bond donors (Lipinski definition) is 0. The highest BCUT2D eigenvalue weighted by molar-refractivity contribution is 6.32. The van der Waals surface area contributed by atoms with Crippen molar-refractivity contribution in [3.05, 3.63) is 51.3 Å². The molecule has 0 aliphatic heterocycles. The summed E-state index contributed by atoms with van der Waals surface area (Å²) in [5, 5.41) is 11.2. The molecule has 6 nitrogen and oxygen atoms in total. The fourth-order valence-corrected chi connectivity index (χ4v) is 2.29. The van der Waals surface area contributed by atoms with Crippen LogP contribution < -0.4 is 15.3 Å². The Morgan fingerprint density at radius 1 is 1.39 bits per heavy atom. The van der Waals surface area contributed by atoms with E-state index >= 15 is 0 Å². The average molecular weight is 334 g/mol. The number of carbonyl (C=O) groups excluding carboxylic acids is 1. The van der Waals surface area contributed by atoms with Gasteiger partial charge in [0.05, 0.1) is 17.6 Å². The summed E-state index contributed by atoms with van der Waals surface area (Å²) < 4.78 is 16.0. The van der Waals surface area contributed by atoms with Crippen LogP contribution in [0.1, 0.15) is 5.56 Å². The standard InChI is InChI=1S/C16H11ClO6/c1-8-5-12-9(6-10(8)17)14(20)16(22-7-13(18)19)15(23-12)11-3-2-4-21-11/h2-6H,7H2,1H3,(H,18,19)/p-1. The number of carbonyl (C=O) groups is 1.